The van der Waals surface area contributed by atoms with Crippen molar-refractivity contribution in [3.8, 4) is 0 Å². The summed E-state index contributed by atoms with van der Waals surface area (Å²) in [6.45, 7) is 9.66. The lowest BCUT2D eigenvalue weighted by Gasteiger charge is -2.29. The predicted octanol–water partition coefficient (Wildman–Crippen LogP) is 4.93. The summed E-state index contributed by atoms with van der Waals surface area (Å²) >= 11 is 11.7. The van der Waals surface area contributed by atoms with E-state index in [1.807, 2.05) is 6.07 Å². The first-order valence-electron chi connectivity index (χ1n) is 8.00. The molecule has 2 nitrogen and oxygen atoms in total. The smallest absolute Gasteiger partial charge is 0.169 e. The highest BCUT2D eigenvalue weighted by Gasteiger charge is 2.28. The number of hydrogen-bond donors (Lipinski definition) is 1. The van der Waals surface area contributed by atoms with Gasteiger partial charge in [0.05, 0.1) is 0 Å². The van der Waals surface area contributed by atoms with Crippen molar-refractivity contribution in [2.45, 2.75) is 57.9 Å². The Bertz CT molecular complexity index is 551. The van der Waals surface area contributed by atoms with Gasteiger partial charge in [-0.3, -0.25) is 0 Å². The van der Waals surface area contributed by atoms with Gasteiger partial charge >= 0.3 is 0 Å². The summed E-state index contributed by atoms with van der Waals surface area (Å²) in [5.41, 5.74) is 2.91. The fourth-order valence-corrected chi connectivity index (χ4v) is 3.75. The number of halogens is 1. The Morgan fingerprint density at radius 2 is 2.05 bits per heavy atom. The van der Waals surface area contributed by atoms with E-state index < -0.39 is 0 Å². The maximum absolute atomic E-state index is 6.18. The van der Waals surface area contributed by atoms with E-state index in [1.165, 1.54) is 17.5 Å². The molecule has 0 amide bonds. The lowest BCUT2D eigenvalue weighted by molar-refractivity contribution is 0.414. The topological polar surface area (TPSA) is 15.3 Å². The predicted molar refractivity (Wildman–Crippen MR) is 100.0 cm³/mol. The molecule has 0 radical (unpaired) electrons. The summed E-state index contributed by atoms with van der Waals surface area (Å²) < 4.78 is 0. The van der Waals surface area contributed by atoms with E-state index in [4.69, 9.17) is 23.8 Å². The first-order chi connectivity index (χ1) is 10.2. The van der Waals surface area contributed by atoms with Gasteiger partial charge in [-0.25, -0.2) is 0 Å². The highest BCUT2D eigenvalue weighted by atomic mass is 35.5. The molecule has 122 valence electrons. The van der Waals surface area contributed by atoms with Crippen LogP contribution in [-0.2, 0) is 0 Å². The van der Waals surface area contributed by atoms with E-state index in [0.29, 0.717) is 11.8 Å². The van der Waals surface area contributed by atoms with E-state index in [2.05, 4.69) is 57.1 Å². The van der Waals surface area contributed by atoms with Crippen molar-refractivity contribution in [2.75, 3.05) is 13.6 Å². The van der Waals surface area contributed by atoms with Gasteiger partial charge in [0.2, 0.25) is 0 Å². The molecule has 1 aliphatic carbocycles. The fourth-order valence-electron chi connectivity index (χ4n) is 3.17. The number of rotatable bonds is 3. The molecule has 0 saturated heterocycles. The van der Waals surface area contributed by atoms with E-state index in [9.17, 15) is 0 Å². The highest BCUT2D eigenvalue weighted by Crippen LogP contribution is 2.44. The fraction of sp³-hybridized carbons (Fsp3) is 0.611. The molecule has 1 aliphatic rings. The largest absolute Gasteiger partial charge is 0.358 e. The quantitative estimate of drug-likeness (QED) is 0.787. The van der Waals surface area contributed by atoms with Crippen molar-refractivity contribution in [1.29, 1.82) is 0 Å². The van der Waals surface area contributed by atoms with E-state index in [1.54, 1.807) is 0 Å². The zero-order chi connectivity index (χ0) is 16.5. The first kappa shape index (κ1) is 17.6. The Morgan fingerprint density at radius 3 is 2.68 bits per heavy atom. The van der Waals surface area contributed by atoms with Crippen LogP contribution < -0.4 is 5.32 Å². The minimum absolute atomic E-state index is 0.00728. The second kappa shape index (κ2) is 6.76. The summed E-state index contributed by atoms with van der Waals surface area (Å²) in [4.78, 5) is 2.15. The molecular weight excluding hydrogens is 312 g/mol. The Labute approximate surface area is 145 Å². The minimum atomic E-state index is 0.00728. The first-order valence-corrected chi connectivity index (χ1v) is 8.78. The molecule has 0 heterocycles. The number of thiocarbonyl (C=S) groups is 1. The van der Waals surface area contributed by atoms with Crippen LogP contribution in [0.3, 0.4) is 0 Å². The molecule has 2 rings (SSSR count). The molecule has 0 aromatic heterocycles. The molecule has 0 spiro atoms. The van der Waals surface area contributed by atoms with Crippen LogP contribution in [0.15, 0.2) is 18.2 Å². The van der Waals surface area contributed by atoms with Gasteiger partial charge in [0.25, 0.3) is 0 Å². The monoisotopic (exact) mass is 338 g/mol. The van der Waals surface area contributed by atoms with Crippen LogP contribution in [0.2, 0.25) is 5.02 Å². The molecule has 0 saturated carbocycles. The van der Waals surface area contributed by atoms with Gasteiger partial charge in [-0.15, -0.1) is 0 Å². The SMILES string of the molecule is C[C@@H]1C[C@@H](CCN(C)C(=S)NC(C)(C)C)c2cc(Cl)ccc21. The van der Waals surface area contributed by atoms with Crippen molar-refractivity contribution in [3.05, 3.63) is 34.3 Å². The van der Waals surface area contributed by atoms with Crippen LogP contribution in [0.4, 0.5) is 0 Å². The van der Waals surface area contributed by atoms with Gasteiger partial charge in [-0.1, -0.05) is 24.6 Å². The maximum Gasteiger partial charge on any atom is 0.169 e. The number of nitrogens with one attached hydrogen (secondary N) is 1. The second-order valence-electron chi connectivity index (χ2n) is 7.50. The average molecular weight is 339 g/mol. The maximum atomic E-state index is 6.18. The lowest BCUT2D eigenvalue weighted by Crippen LogP contribution is -2.47. The molecule has 22 heavy (non-hydrogen) atoms. The van der Waals surface area contributed by atoms with Crippen molar-refractivity contribution in [2.24, 2.45) is 0 Å². The molecule has 0 bridgehead atoms. The molecule has 1 aromatic rings. The van der Waals surface area contributed by atoms with Crippen molar-refractivity contribution >= 4 is 28.9 Å². The van der Waals surface area contributed by atoms with Crippen LogP contribution in [-0.4, -0.2) is 29.1 Å². The van der Waals surface area contributed by atoms with Crippen LogP contribution in [0.5, 0.6) is 0 Å². The molecular formula is C18H27ClN2S. The summed E-state index contributed by atoms with van der Waals surface area (Å²) in [5, 5.41) is 5.04. The van der Waals surface area contributed by atoms with E-state index in [0.717, 1.165) is 23.1 Å². The molecule has 4 heteroatoms. The Hall–Kier alpha value is -0.800. The summed E-state index contributed by atoms with van der Waals surface area (Å²) in [7, 11) is 2.07. The zero-order valence-electron chi connectivity index (χ0n) is 14.2. The third kappa shape index (κ3) is 4.36. The second-order valence-corrected chi connectivity index (χ2v) is 8.32. The van der Waals surface area contributed by atoms with Crippen LogP contribution in [0.25, 0.3) is 0 Å². The van der Waals surface area contributed by atoms with Gasteiger partial charge in [-0.05, 0) is 80.9 Å². The van der Waals surface area contributed by atoms with E-state index in [-0.39, 0.29) is 5.54 Å². The van der Waals surface area contributed by atoms with Crippen LogP contribution in [0, 0.1) is 0 Å². The number of nitrogens with zero attached hydrogens (tertiary/aromatic N) is 1. The highest BCUT2D eigenvalue weighted by molar-refractivity contribution is 7.80. The third-order valence-electron chi connectivity index (χ3n) is 4.30. The van der Waals surface area contributed by atoms with Gasteiger partial charge in [0.15, 0.2) is 5.11 Å². The van der Waals surface area contributed by atoms with Gasteiger partial charge in [0, 0.05) is 24.2 Å². The standard InChI is InChI=1S/C18H27ClN2S/c1-12-10-13(16-11-14(19)6-7-15(12)16)8-9-21(5)17(22)20-18(2,3)4/h6-7,11-13H,8-10H2,1-5H3,(H,20,22)/t12-,13-/m1/s1. The number of benzene rings is 1. The van der Waals surface area contributed by atoms with Gasteiger partial charge in [0.1, 0.15) is 0 Å². The zero-order valence-corrected chi connectivity index (χ0v) is 15.8. The van der Waals surface area contributed by atoms with Crippen LogP contribution in [0.1, 0.15) is 63.5 Å². The number of fused-ring (bicyclic) bond motifs is 1. The van der Waals surface area contributed by atoms with E-state index >= 15 is 0 Å². The summed E-state index contributed by atoms with van der Waals surface area (Å²) in [5.74, 6) is 1.21. The Kier molecular flexibility index (Phi) is 5.39. The molecule has 2 atom stereocenters. The molecule has 1 aromatic carbocycles. The average Bonchev–Trinajstić information content (AvgIpc) is 2.70. The molecule has 0 fully saturated rings. The van der Waals surface area contributed by atoms with Crippen LogP contribution >= 0.6 is 23.8 Å². The molecule has 1 N–H and O–H groups in total. The van der Waals surface area contributed by atoms with Gasteiger partial charge in [-0.2, -0.15) is 0 Å². The summed E-state index contributed by atoms with van der Waals surface area (Å²) in [6, 6.07) is 6.35. The normalized spacial score (nSPS) is 20.6. The molecule has 0 aliphatic heterocycles. The van der Waals surface area contributed by atoms with Gasteiger partial charge < -0.3 is 10.2 Å². The minimum Gasteiger partial charge on any atom is -0.358 e. The van der Waals surface area contributed by atoms with Crippen molar-refractivity contribution < 1.29 is 0 Å². The van der Waals surface area contributed by atoms with Crippen molar-refractivity contribution in [3.63, 3.8) is 0 Å². The lowest BCUT2D eigenvalue weighted by atomic mass is 9.97. The summed E-state index contributed by atoms with van der Waals surface area (Å²) in [6.07, 6.45) is 2.32. The van der Waals surface area contributed by atoms with Crippen molar-refractivity contribution in [1.82, 2.24) is 10.2 Å². The third-order valence-corrected chi connectivity index (χ3v) is 4.95. The molecule has 0 unspecified atom stereocenters. The Balaban J connectivity index is 1.96. The Morgan fingerprint density at radius 1 is 1.36 bits per heavy atom. The number of hydrogen-bond acceptors (Lipinski definition) is 1.